The second kappa shape index (κ2) is 8.19. The molecule has 0 aliphatic carbocycles. The number of rotatable bonds is 5. The zero-order chi connectivity index (χ0) is 19.2. The van der Waals surface area contributed by atoms with Crippen LogP contribution in [0.15, 0.2) is 66.7 Å². The van der Waals surface area contributed by atoms with Gasteiger partial charge in [-0.05, 0) is 42.0 Å². The molecule has 3 rings (SSSR count). The predicted octanol–water partition coefficient (Wildman–Crippen LogP) is 5.20. The number of carbonyl (C=O) groups is 2. The van der Waals surface area contributed by atoms with Gasteiger partial charge in [0.25, 0.3) is 5.91 Å². The van der Waals surface area contributed by atoms with Crippen LogP contribution >= 0.6 is 0 Å². The Morgan fingerprint density at radius 2 is 1.59 bits per heavy atom. The summed E-state index contributed by atoms with van der Waals surface area (Å²) >= 11 is 0. The van der Waals surface area contributed by atoms with Crippen LogP contribution in [-0.4, -0.2) is 12.2 Å². The molecule has 0 unspecified atom stereocenters. The number of aldehydes is 1. The van der Waals surface area contributed by atoms with E-state index in [9.17, 15) is 18.4 Å². The van der Waals surface area contributed by atoms with E-state index in [-0.39, 0.29) is 11.5 Å². The lowest BCUT2D eigenvalue weighted by Gasteiger charge is -2.09. The fourth-order valence-corrected chi connectivity index (χ4v) is 2.50. The molecule has 0 bridgehead atoms. The Morgan fingerprint density at radius 1 is 0.852 bits per heavy atom. The molecule has 0 saturated carbocycles. The highest BCUT2D eigenvalue weighted by Crippen LogP contribution is 2.20. The van der Waals surface area contributed by atoms with Crippen LogP contribution in [0.25, 0.3) is 12.2 Å². The summed E-state index contributed by atoms with van der Waals surface area (Å²) in [5.41, 5.74) is 2.01. The molecule has 3 aromatic rings. The lowest BCUT2D eigenvalue weighted by atomic mass is 10.1. The number of nitrogens with one attached hydrogen (secondary N) is 1. The summed E-state index contributed by atoms with van der Waals surface area (Å²) < 4.78 is 26.7. The van der Waals surface area contributed by atoms with Crippen LogP contribution in [0.5, 0.6) is 0 Å². The van der Waals surface area contributed by atoms with Crippen molar-refractivity contribution in [1.82, 2.24) is 0 Å². The van der Waals surface area contributed by atoms with E-state index in [4.69, 9.17) is 0 Å². The van der Waals surface area contributed by atoms with Crippen molar-refractivity contribution < 1.29 is 18.4 Å². The number of hydrogen-bond donors (Lipinski definition) is 1. The molecule has 3 nitrogen and oxygen atoms in total. The normalized spacial score (nSPS) is 10.7. The molecule has 0 aromatic heterocycles. The summed E-state index contributed by atoms with van der Waals surface area (Å²) in [6, 6.07) is 16.8. The standard InChI is InChI=1S/C22H15F2NO2/c23-19-11-10-16(20(24)13-19)8-6-15-7-9-18(14-26)21(12-15)25-22(27)17-4-2-1-3-5-17/h1-14H,(H,25,27)/b8-6+. The first kappa shape index (κ1) is 18.2. The van der Waals surface area contributed by atoms with Crippen LogP contribution in [-0.2, 0) is 0 Å². The van der Waals surface area contributed by atoms with Crippen molar-refractivity contribution in [3.8, 4) is 0 Å². The first-order chi connectivity index (χ1) is 13.1. The van der Waals surface area contributed by atoms with E-state index in [1.165, 1.54) is 18.2 Å². The van der Waals surface area contributed by atoms with E-state index >= 15 is 0 Å². The van der Waals surface area contributed by atoms with E-state index in [0.29, 0.717) is 28.7 Å². The summed E-state index contributed by atoms with van der Waals surface area (Å²) in [7, 11) is 0. The molecule has 0 fully saturated rings. The largest absolute Gasteiger partial charge is 0.321 e. The van der Waals surface area contributed by atoms with Crippen molar-refractivity contribution in [1.29, 1.82) is 0 Å². The van der Waals surface area contributed by atoms with Crippen LogP contribution in [0.4, 0.5) is 14.5 Å². The maximum Gasteiger partial charge on any atom is 0.255 e. The van der Waals surface area contributed by atoms with E-state index in [1.807, 2.05) is 0 Å². The molecule has 5 heteroatoms. The van der Waals surface area contributed by atoms with Crippen molar-refractivity contribution in [2.24, 2.45) is 0 Å². The number of amides is 1. The zero-order valence-corrected chi connectivity index (χ0v) is 14.2. The van der Waals surface area contributed by atoms with Gasteiger partial charge in [0.05, 0.1) is 5.69 Å². The van der Waals surface area contributed by atoms with Gasteiger partial charge < -0.3 is 5.32 Å². The first-order valence-electron chi connectivity index (χ1n) is 8.15. The first-order valence-corrected chi connectivity index (χ1v) is 8.15. The topological polar surface area (TPSA) is 46.2 Å². The van der Waals surface area contributed by atoms with Gasteiger partial charge in [0.1, 0.15) is 11.6 Å². The van der Waals surface area contributed by atoms with Crippen LogP contribution < -0.4 is 5.32 Å². The van der Waals surface area contributed by atoms with Gasteiger partial charge >= 0.3 is 0 Å². The third kappa shape index (κ3) is 4.52. The van der Waals surface area contributed by atoms with Crippen molar-refractivity contribution in [2.45, 2.75) is 0 Å². The van der Waals surface area contributed by atoms with Gasteiger partial charge in [0.2, 0.25) is 0 Å². The molecule has 0 spiro atoms. The van der Waals surface area contributed by atoms with Gasteiger partial charge in [-0.25, -0.2) is 8.78 Å². The molecule has 0 radical (unpaired) electrons. The van der Waals surface area contributed by atoms with E-state index in [0.717, 1.165) is 6.07 Å². The smallest absolute Gasteiger partial charge is 0.255 e. The minimum atomic E-state index is -0.673. The van der Waals surface area contributed by atoms with Crippen molar-refractivity contribution in [3.63, 3.8) is 0 Å². The number of carbonyl (C=O) groups excluding carboxylic acids is 2. The second-order valence-electron chi connectivity index (χ2n) is 5.78. The highest BCUT2D eigenvalue weighted by molar-refractivity contribution is 6.06. The van der Waals surface area contributed by atoms with Gasteiger partial charge in [0.15, 0.2) is 6.29 Å². The molecule has 1 N–H and O–H groups in total. The van der Waals surface area contributed by atoms with Crippen LogP contribution in [0.3, 0.4) is 0 Å². The highest BCUT2D eigenvalue weighted by Gasteiger charge is 2.09. The lowest BCUT2D eigenvalue weighted by Crippen LogP contribution is -2.13. The van der Waals surface area contributed by atoms with E-state index < -0.39 is 11.6 Å². The summed E-state index contributed by atoms with van der Waals surface area (Å²) in [5, 5.41) is 2.71. The third-order valence-electron chi connectivity index (χ3n) is 3.91. The number of halogens is 2. The van der Waals surface area contributed by atoms with Gasteiger partial charge in [-0.15, -0.1) is 0 Å². The van der Waals surface area contributed by atoms with Gasteiger partial charge in [0, 0.05) is 22.8 Å². The molecule has 1 amide bonds. The average molecular weight is 363 g/mol. The molecular formula is C22H15F2NO2. The minimum Gasteiger partial charge on any atom is -0.321 e. The number of anilines is 1. The van der Waals surface area contributed by atoms with Crippen molar-refractivity contribution >= 4 is 30.0 Å². The SMILES string of the molecule is O=Cc1ccc(/C=C/c2ccc(F)cc2F)cc1NC(=O)c1ccccc1. The molecule has 0 aliphatic heterocycles. The monoisotopic (exact) mass is 363 g/mol. The molecular weight excluding hydrogens is 348 g/mol. The molecule has 3 aromatic carbocycles. The Hall–Kier alpha value is -3.60. The Balaban J connectivity index is 1.86. The van der Waals surface area contributed by atoms with E-state index in [1.54, 1.807) is 54.6 Å². The highest BCUT2D eigenvalue weighted by atomic mass is 19.1. The third-order valence-corrected chi connectivity index (χ3v) is 3.91. The Bertz CT molecular complexity index is 1010. The molecule has 0 heterocycles. The molecule has 134 valence electrons. The van der Waals surface area contributed by atoms with Crippen molar-refractivity contribution in [3.05, 3.63) is 101 Å². The maximum atomic E-state index is 13.7. The Labute approximate surface area is 155 Å². The van der Waals surface area contributed by atoms with E-state index in [2.05, 4.69) is 5.32 Å². The second-order valence-corrected chi connectivity index (χ2v) is 5.78. The van der Waals surface area contributed by atoms with Gasteiger partial charge in [-0.1, -0.05) is 36.4 Å². The average Bonchev–Trinajstić information content (AvgIpc) is 2.68. The summed E-state index contributed by atoms with van der Waals surface area (Å²) in [5.74, 6) is -1.66. The Kier molecular flexibility index (Phi) is 5.52. The summed E-state index contributed by atoms with van der Waals surface area (Å²) in [6.07, 6.45) is 3.75. The zero-order valence-electron chi connectivity index (χ0n) is 14.2. The number of hydrogen-bond acceptors (Lipinski definition) is 2. The quantitative estimate of drug-likeness (QED) is 0.500. The fourth-order valence-electron chi connectivity index (χ4n) is 2.50. The Morgan fingerprint density at radius 3 is 2.30 bits per heavy atom. The van der Waals surface area contributed by atoms with Crippen LogP contribution in [0.1, 0.15) is 31.8 Å². The van der Waals surface area contributed by atoms with Crippen molar-refractivity contribution in [2.75, 3.05) is 5.32 Å². The van der Waals surface area contributed by atoms with Crippen LogP contribution in [0.2, 0.25) is 0 Å². The summed E-state index contributed by atoms with van der Waals surface area (Å²) in [6.45, 7) is 0. The summed E-state index contributed by atoms with van der Waals surface area (Å²) in [4.78, 5) is 23.6. The minimum absolute atomic E-state index is 0.228. The van der Waals surface area contributed by atoms with Gasteiger partial charge in [-0.3, -0.25) is 9.59 Å². The van der Waals surface area contributed by atoms with Gasteiger partial charge in [-0.2, -0.15) is 0 Å². The number of benzene rings is 3. The molecule has 0 aliphatic rings. The van der Waals surface area contributed by atoms with Crippen LogP contribution in [0, 0.1) is 11.6 Å². The fraction of sp³-hybridized carbons (Fsp3) is 0. The molecule has 27 heavy (non-hydrogen) atoms. The molecule has 0 saturated heterocycles. The lowest BCUT2D eigenvalue weighted by molar-refractivity contribution is 0.102. The molecule has 0 atom stereocenters. The maximum absolute atomic E-state index is 13.7. The predicted molar refractivity (Wildman–Crippen MR) is 102 cm³/mol.